The predicted octanol–water partition coefficient (Wildman–Crippen LogP) is 2.45. The molecule has 30 heavy (non-hydrogen) atoms. The number of fused-ring (bicyclic) bond motifs is 1. The van der Waals surface area contributed by atoms with E-state index in [-0.39, 0.29) is 24.2 Å². The van der Waals surface area contributed by atoms with Gasteiger partial charge in [0, 0.05) is 43.8 Å². The predicted molar refractivity (Wildman–Crippen MR) is 114 cm³/mol. The third-order valence-corrected chi connectivity index (χ3v) is 5.91. The Morgan fingerprint density at radius 2 is 2.00 bits per heavy atom. The van der Waals surface area contributed by atoms with Crippen LogP contribution in [0.2, 0.25) is 0 Å². The Bertz CT molecular complexity index is 935. The van der Waals surface area contributed by atoms with Crippen LogP contribution in [0.25, 0.3) is 11.0 Å². The number of ether oxygens (including phenoxy) is 2. The maximum Gasteiger partial charge on any atom is 0.336 e. The number of nitrogens with zero attached hydrogens (tertiary/aromatic N) is 2. The zero-order valence-corrected chi connectivity index (χ0v) is 17.6. The van der Waals surface area contributed by atoms with Crippen molar-refractivity contribution in [1.82, 2.24) is 9.80 Å². The monoisotopic (exact) mass is 414 g/mol. The molecule has 0 bridgehead atoms. The SMILES string of the molecule is CCc1cc(=O)oc2cc(OCC(=O)N3CCCOC(CN4CCCC4)C3)ccc12. The minimum atomic E-state index is -0.374. The van der Waals surface area contributed by atoms with Crippen LogP contribution in [-0.4, -0.2) is 67.7 Å². The number of carbonyl (C=O) groups is 1. The maximum atomic E-state index is 12.8. The number of carbonyl (C=O) groups excluding carboxylic acids is 1. The van der Waals surface area contributed by atoms with Gasteiger partial charge in [0.15, 0.2) is 6.61 Å². The molecule has 0 radical (unpaired) electrons. The smallest absolute Gasteiger partial charge is 0.336 e. The van der Waals surface area contributed by atoms with Gasteiger partial charge in [-0.1, -0.05) is 6.92 Å². The van der Waals surface area contributed by atoms with Gasteiger partial charge in [-0.05, 0) is 56.5 Å². The van der Waals surface area contributed by atoms with Gasteiger partial charge in [-0.3, -0.25) is 4.79 Å². The average Bonchev–Trinajstić information content (AvgIpc) is 3.14. The molecule has 2 fully saturated rings. The minimum Gasteiger partial charge on any atom is -0.484 e. The average molecular weight is 415 g/mol. The first kappa shape index (κ1) is 20.9. The summed E-state index contributed by atoms with van der Waals surface area (Å²) in [6, 6.07) is 6.90. The second kappa shape index (κ2) is 9.62. The van der Waals surface area contributed by atoms with E-state index in [0.29, 0.717) is 31.0 Å². The summed E-state index contributed by atoms with van der Waals surface area (Å²) < 4.78 is 17.0. The van der Waals surface area contributed by atoms with Gasteiger partial charge in [-0.25, -0.2) is 4.79 Å². The molecule has 3 heterocycles. The first-order valence-electron chi connectivity index (χ1n) is 10.9. The molecular formula is C23H30N2O5. The Labute approximate surface area is 176 Å². The van der Waals surface area contributed by atoms with Crippen LogP contribution < -0.4 is 10.4 Å². The quantitative estimate of drug-likeness (QED) is 0.676. The van der Waals surface area contributed by atoms with Crippen molar-refractivity contribution in [3.05, 3.63) is 40.2 Å². The summed E-state index contributed by atoms with van der Waals surface area (Å²) in [5.41, 5.74) is 1.05. The summed E-state index contributed by atoms with van der Waals surface area (Å²) in [4.78, 5) is 28.8. The van der Waals surface area contributed by atoms with E-state index in [1.807, 2.05) is 24.0 Å². The number of amides is 1. The second-order valence-electron chi connectivity index (χ2n) is 8.08. The molecule has 1 aromatic heterocycles. The summed E-state index contributed by atoms with van der Waals surface area (Å²) in [5.74, 6) is 0.475. The molecule has 1 amide bonds. The first-order valence-corrected chi connectivity index (χ1v) is 10.9. The van der Waals surface area contributed by atoms with E-state index in [1.54, 1.807) is 6.07 Å². The highest BCUT2D eigenvalue weighted by Gasteiger charge is 2.25. The molecule has 1 unspecified atom stereocenters. The van der Waals surface area contributed by atoms with Gasteiger partial charge in [0.1, 0.15) is 11.3 Å². The normalized spacial score (nSPS) is 20.4. The molecule has 1 atom stereocenters. The van der Waals surface area contributed by atoms with Gasteiger partial charge < -0.3 is 23.7 Å². The number of rotatable bonds is 6. The lowest BCUT2D eigenvalue weighted by molar-refractivity contribution is -0.134. The Morgan fingerprint density at radius 3 is 2.80 bits per heavy atom. The highest BCUT2D eigenvalue weighted by Crippen LogP contribution is 2.23. The lowest BCUT2D eigenvalue weighted by Gasteiger charge is -2.27. The largest absolute Gasteiger partial charge is 0.484 e. The molecule has 0 saturated carbocycles. The van der Waals surface area contributed by atoms with Crippen LogP contribution in [0.3, 0.4) is 0 Å². The van der Waals surface area contributed by atoms with Gasteiger partial charge in [-0.2, -0.15) is 0 Å². The van der Waals surface area contributed by atoms with Crippen LogP contribution in [0.4, 0.5) is 0 Å². The van der Waals surface area contributed by atoms with Crippen LogP contribution in [-0.2, 0) is 16.0 Å². The van der Waals surface area contributed by atoms with Crippen LogP contribution >= 0.6 is 0 Å². The van der Waals surface area contributed by atoms with Crippen LogP contribution in [0.15, 0.2) is 33.5 Å². The van der Waals surface area contributed by atoms with Gasteiger partial charge in [0.2, 0.25) is 0 Å². The molecule has 7 heteroatoms. The Kier molecular flexibility index (Phi) is 6.69. The van der Waals surface area contributed by atoms with Crippen LogP contribution in [0.5, 0.6) is 5.75 Å². The summed E-state index contributed by atoms with van der Waals surface area (Å²) >= 11 is 0. The van der Waals surface area contributed by atoms with Crippen LogP contribution in [0, 0.1) is 0 Å². The summed E-state index contributed by atoms with van der Waals surface area (Å²) in [5, 5.41) is 0.894. The van der Waals surface area contributed by atoms with Gasteiger partial charge in [-0.15, -0.1) is 0 Å². The van der Waals surface area contributed by atoms with E-state index in [2.05, 4.69) is 4.90 Å². The lowest BCUT2D eigenvalue weighted by Crippen LogP contribution is -2.43. The van der Waals surface area contributed by atoms with Crippen molar-refractivity contribution in [3.63, 3.8) is 0 Å². The molecule has 2 aliphatic heterocycles. The van der Waals surface area contributed by atoms with Crippen molar-refractivity contribution in [2.75, 3.05) is 45.9 Å². The number of hydrogen-bond donors (Lipinski definition) is 0. The van der Waals surface area contributed by atoms with Gasteiger partial charge in [0.05, 0.1) is 6.10 Å². The fourth-order valence-corrected chi connectivity index (χ4v) is 4.31. The van der Waals surface area contributed by atoms with Crippen molar-refractivity contribution in [2.45, 2.75) is 38.7 Å². The summed E-state index contributed by atoms with van der Waals surface area (Å²) in [7, 11) is 0. The van der Waals surface area contributed by atoms with E-state index in [4.69, 9.17) is 13.9 Å². The zero-order valence-electron chi connectivity index (χ0n) is 17.6. The fraction of sp³-hybridized carbons (Fsp3) is 0.565. The highest BCUT2D eigenvalue weighted by molar-refractivity contribution is 5.82. The van der Waals surface area contributed by atoms with E-state index >= 15 is 0 Å². The van der Waals surface area contributed by atoms with E-state index in [9.17, 15) is 9.59 Å². The Morgan fingerprint density at radius 1 is 1.17 bits per heavy atom. The number of benzene rings is 1. The number of likely N-dealkylation sites (tertiary alicyclic amines) is 1. The van der Waals surface area contributed by atoms with Crippen molar-refractivity contribution < 1.29 is 18.7 Å². The van der Waals surface area contributed by atoms with Crippen LogP contribution in [0.1, 0.15) is 31.7 Å². The van der Waals surface area contributed by atoms with Gasteiger partial charge >= 0.3 is 5.63 Å². The van der Waals surface area contributed by atoms with E-state index < -0.39 is 0 Å². The molecule has 0 N–H and O–H groups in total. The molecule has 2 aromatic rings. The third-order valence-electron chi connectivity index (χ3n) is 5.91. The molecule has 162 valence electrons. The zero-order chi connectivity index (χ0) is 20.9. The molecule has 0 spiro atoms. The molecule has 4 rings (SSSR count). The minimum absolute atomic E-state index is 0.0420. The fourth-order valence-electron chi connectivity index (χ4n) is 4.31. The van der Waals surface area contributed by atoms with Crippen molar-refractivity contribution >= 4 is 16.9 Å². The van der Waals surface area contributed by atoms with Crippen molar-refractivity contribution in [1.29, 1.82) is 0 Å². The van der Waals surface area contributed by atoms with E-state index in [1.165, 1.54) is 18.9 Å². The van der Waals surface area contributed by atoms with Crippen molar-refractivity contribution in [2.24, 2.45) is 0 Å². The first-order chi connectivity index (χ1) is 14.6. The third kappa shape index (κ3) is 5.02. The van der Waals surface area contributed by atoms with Gasteiger partial charge in [0.25, 0.3) is 5.91 Å². The summed E-state index contributed by atoms with van der Waals surface area (Å²) in [6.07, 6.45) is 4.13. The standard InChI is InChI=1S/C23H30N2O5/c1-2-17-12-23(27)30-21-13-18(6-7-20(17)21)29-16-22(26)25-10-5-11-28-19(15-25)14-24-8-3-4-9-24/h6-7,12-13,19H,2-5,8-11,14-16H2,1H3. The molecule has 2 saturated heterocycles. The number of aryl methyl sites for hydroxylation is 1. The Hall–Kier alpha value is -2.38. The lowest BCUT2D eigenvalue weighted by atomic mass is 10.1. The highest BCUT2D eigenvalue weighted by atomic mass is 16.5. The molecular weight excluding hydrogens is 384 g/mol. The van der Waals surface area contributed by atoms with Crippen molar-refractivity contribution in [3.8, 4) is 5.75 Å². The van der Waals surface area contributed by atoms with E-state index in [0.717, 1.165) is 43.4 Å². The molecule has 0 aliphatic carbocycles. The Balaban J connectivity index is 1.37. The topological polar surface area (TPSA) is 72.2 Å². The maximum absolute atomic E-state index is 12.8. The molecule has 1 aromatic carbocycles. The summed E-state index contributed by atoms with van der Waals surface area (Å²) in [6.45, 7) is 7.05. The number of hydrogen-bond acceptors (Lipinski definition) is 6. The molecule has 7 nitrogen and oxygen atoms in total. The molecule has 2 aliphatic rings. The second-order valence-corrected chi connectivity index (χ2v) is 8.08.